The largest absolute Gasteiger partial charge is 0.354 e. The highest BCUT2D eigenvalue weighted by Crippen LogP contribution is 2.42. The summed E-state index contributed by atoms with van der Waals surface area (Å²) in [4.78, 5) is 15.0. The molecule has 126 valence electrons. The lowest BCUT2D eigenvalue weighted by molar-refractivity contribution is -0.123. The zero-order chi connectivity index (χ0) is 16.9. The maximum atomic E-state index is 12.9. The molecule has 0 aromatic heterocycles. The molecule has 2 unspecified atom stereocenters. The average molecular weight is 322 g/mol. The molecule has 2 atom stereocenters. The summed E-state index contributed by atoms with van der Waals surface area (Å²) in [5.74, 6) is 0.651. The molecular weight excluding hydrogens is 296 g/mol. The van der Waals surface area contributed by atoms with E-state index in [0.29, 0.717) is 12.5 Å². The van der Waals surface area contributed by atoms with Crippen LogP contribution in [0.4, 0.5) is 0 Å². The number of carbonyl (C=O) groups is 1. The normalized spacial score (nSPS) is 16.6. The summed E-state index contributed by atoms with van der Waals surface area (Å²) in [5.41, 5.74) is 2.36. The first-order valence-electron chi connectivity index (χ1n) is 8.71. The minimum absolute atomic E-state index is 0.00946. The van der Waals surface area contributed by atoms with Crippen molar-refractivity contribution in [1.29, 1.82) is 0 Å². The lowest BCUT2D eigenvalue weighted by Gasteiger charge is -2.26. The second-order valence-corrected chi connectivity index (χ2v) is 6.86. The topological polar surface area (TPSA) is 32.3 Å². The van der Waals surface area contributed by atoms with Crippen molar-refractivity contribution >= 4 is 5.91 Å². The van der Waals surface area contributed by atoms with E-state index in [9.17, 15) is 4.79 Å². The molecule has 1 fully saturated rings. The lowest BCUT2D eigenvalue weighted by Crippen LogP contribution is -2.37. The molecule has 3 heteroatoms. The van der Waals surface area contributed by atoms with Crippen LogP contribution >= 0.6 is 0 Å². The summed E-state index contributed by atoms with van der Waals surface area (Å²) in [6.45, 7) is 0.631. The van der Waals surface area contributed by atoms with Crippen LogP contribution in [0.15, 0.2) is 60.7 Å². The zero-order valence-corrected chi connectivity index (χ0v) is 14.5. The van der Waals surface area contributed by atoms with Gasteiger partial charge < -0.3 is 10.2 Å². The van der Waals surface area contributed by atoms with E-state index >= 15 is 0 Å². The van der Waals surface area contributed by atoms with Gasteiger partial charge in [-0.2, -0.15) is 0 Å². The molecule has 0 radical (unpaired) electrons. The highest BCUT2D eigenvalue weighted by atomic mass is 16.1. The number of carbonyl (C=O) groups excluding carboxylic acids is 1. The molecule has 0 bridgehead atoms. The van der Waals surface area contributed by atoms with Crippen LogP contribution in [-0.2, 0) is 4.79 Å². The van der Waals surface area contributed by atoms with Crippen LogP contribution < -0.4 is 5.32 Å². The van der Waals surface area contributed by atoms with Crippen LogP contribution in [-0.4, -0.2) is 31.4 Å². The third-order valence-corrected chi connectivity index (χ3v) is 4.81. The molecule has 0 aliphatic heterocycles. The number of hydrogen-bond acceptors (Lipinski definition) is 2. The Bertz CT molecular complexity index is 650. The van der Waals surface area contributed by atoms with E-state index in [4.69, 9.17) is 0 Å². The van der Waals surface area contributed by atoms with Crippen LogP contribution in [0.25, 0.3) is 0 Å². The van der Waals surface area contributed by atoms with Crippen LogP contribution in [0.5, 0.6) is 0 Å². The van der Waals surface area contributed by atoms with Crippen LogP contribution in [0.1, 0.15) is 35.9 Å². The Morgan fingerprint density at radius 3 is 2.04 bits per heavy atom. The minimum Gasteiger partial charge on any atom is -0.354 e. The maximum absolute atomic E-state index is 12.9. The Hall–Kier alpha value is -2.13. The number of amides is 1. The molecular formula is C21H26N2O. The predicted octanol–water partition coefficient (Wildman–Crippen LogP) is 3.60. The quantitative estimate of drug-likeness (QED) is 0.845. The average Bonchev–Trinajstić information content (AvgIpc) is 3.42. The molecule has 1 N–H and O–H groups in total. The number of likely N-dealkylation sites (N-methyl/N-ethyl adjacent to an activating group) is 1. The summed E-state index contributed by atoms with van der Waals surface area (Å²) >= 11 is 0. The Morgan fingerprint density at radius 2 is 1.54 bits per heavy atom. The fourth-order valence-corrected chi connectivity index (χ4v) is 3.31. The van der Waals surface area contributed by atoms with E-state index in [1.807, 2.05) is 36.4 Å². The number of rotatable bonds is 7. The molecule has 1 amide bonds. The first-order valence-corrected chi connectivity index (χ1v) is 8.71. The molecule has 1 saturated carbocycles. The molecule has 3 nitrogen and oxygen atoms in total. The lowest BCUT2D eigenvalue weighted by atomic mass is 9.93. The Kier molecular flexibility index (Phi) is 5.31. The molecule has 0 spiro atoms. The van der Waals surface area contributed by atoms with Gasteiger partial charge in [-0.3, -0.25) is 4.79 Å². The van der Waals surface area contributed by atoms with Gasteiger partial charge in [0.15, 0.2) is 0 Å². The second kappa shape index (κ2) is 7.63. The van der Waals surface area contributed by atoms with Crippen molar-refractivity contribution in [2.75, 3.05) is 20.6 Å². The third-order valence-electron chi connectivity index (χ3n) is 4.81. The van der Waals surface area contributed by atoms with E-state index in [1.165, 1.54) is 5.56 Å². The fraction of sp³-hybridized carbons (Fsp3) is 0.381. The van der Waals surface area contributed by atoms with Crippen molar-refractivity contribution in [2.45, 2.75) is 24.8 Å². The van der Waals surface area contributed by atoms with Crippen molar-refractivity contribution < 1.29 is 4.79 Å². The number of hydrogen-bond donors (Lipinski definition) is 1. The van der Waals surface area contributed by atoms with Gasteiger partial charge in [0.25, 0.3) is 0 Å². The minimum atomic E-state index is -0.00946. The summed E-state index contributed by atoms with van der Waals surface area (Å²) in [6.07, 6.45) is 2.31. The van der Waals surface area contributed by atoms with Gasteiger partial charge in [0.1, 0.15) is 0 Å². The summed E-state index contributed by atoms with van der Waals surface area (Å²) in [5, 5.41) is 3.20. The molecule has 0 saturated heterocycles. The van der Waals surface area contributed by atoms with Gasteiger partial charge in [-0.1, -0.05) is 60.7 Å². The van der Waals surface area contributed by atoms with E-state index < -0.39 is 0 Å². The maximum Gasteiger partial charge on any atom is 0.227 e. The first-order chi connectivity index (χ1) is 11.7. The van der Waals surface area contributed by atoms with Crippen molar-refractivity contribution in [3.63, 3.8) is 0 Å². The van der Waals surface area contributed by atoms with E-state index in [2.05, 4.69) is 48.6 Å². The van der Waals surface area contributed by atoms with Crippen LogP contribution in [0.2, 0.25) is 0 Å². The van der Waals surface area contributed by atoms with Crippen molar-refractivity contribution in [3.8, 4) is 0 Å². The zero-order valence-electron chi connectivity index (χ0n) is 14.5. The van der Waals surface area contributed by atoms with Gasteiger partial charge in [-0.15, -0.1) is 0 Å². The second-order valence-electron chi connectivity index (χ2n) is 6.86. The summed E-state index contributed by atoms with van der Waals surface area (Å²) < 4.78 is 0. The number of benzene rings is 2. The molecule has 24 heavy (non-hydrogen) atoms. The van der Waals surface area contributed by atoms with Crippen LogP contribution in [0, 0.1) is 5.92 Å². The molecule has 1 aliphatic carbocycles. The van der Waals surface area contributed by atoms with E-state index in [1.54, 1.807) is 0 Å². The number of nitrogens with one attached hydrogen (secondary N) is 1. The molecule has 1 aliphatic rings. The van der Waals surface area contributed by atoms with Crippen LogP contribution in [0.3, 0.4) is 0 Å². The van der Waals surface area contributed by atoms with Gasteiger partial charge in [-0.25, -0.2) is 0 Å². The highest BCUT2D eigenvalue weighted by Gasteiger charge is 2.37. The first kappa shape index (κ1) is 16.7. The van der Waals surface area contributed by atoms with Gasteiger partial charge in [-0.05, 0) is 44.0 Å². The fourth-order valence-electron chi connectivity index (χ4n) is 3.31. The van der Waals surface area contributed by atoms with Crippen molar-refractivity contribution in [2.24, 2.45) is 5.92 Å². The Balaban J connectivity index is 1.69. The van der Waals surface area contributed by atoms with Gasteiger partial charge in [0, 0.05) is 6.54 Å². The molecule has 3 rings (SSSR count). The van der Waals surface area contributed by atoms with Gasteiger partial charge in [0.05, 0.1) is 12.0 Å². The monoisotopic (exact) mass is 322 g/mol. The van der Waals surface area contributed by atoms with Crippen molar-refractivity contribution in [3.05, 3.63) is 71.8 Å². The number of nitrogens with zero attached hydrogens (tertiary/aromatic N) is 1. The Morgan fingerprint density at radius 1 is 1.00 bits per heavy atom. The highest BCUT2D eigenvalue weighted by molar-refractivity contribution is 5.84. The molecule has 2 aromatic carbocycles. The standard InChI is InChI=1S/C21H26N2O/c1-23(2)19(16-9-5-3-6-10-16)15-22-21(24)20(18-13-14-18)17-11-7-4-8-12-17/h3-12,18-20H,13-15H2,1-2H3,(H,22,24). The third kappa shape index (κ3) is 4.04. The predicted molar refractivity (Wildman–Crippen MR) is 97.8 cm³/mol. The molecule has 2 aromatic rings. The SMILES string of the molecule is CN(C)C(CNC(=O)C(c1ccccc1)C1CC1)c1ccccc1. The Labute approximate surface area is 144 Å². The van der Waals surface area contributed by atoms with E-state index in [-0.39, 0.29) is 17.9 Å². The molecule has 0 heterocycles. The van der Waals surface area contributed by atoms with E-state index in [0.717, 1.165) is 18.4 Å². The summed E-state index contributed by atoms with van der Waals surface area (Å²) in [6, 6.07) is 20.7. The van der Waals surface area contributed by atoms with Gasteiger partial charge in [0.2, 0.25) is 5.91 Å². The smallest absolute Gasteiger partial charge is 0.227 e. The van der Waals surface area contributed by atoms with Gasteiger partial charge >= 0.3 is 0 Å². The summed E-state index contributed by atoms with van der Waals surface area (Å²) in [7, 11) is 4.11. The van der Waals surface area contributed by atoms with Crippen molar-refractivity contribution in [1.82, 2.24) is 10.2 Å².